The molecular weight excluding hydrogens is 290 g/mol. The molecule has 2 heterocycles. The van der Waals surface area contributed by atoms with Gasteiger partial charge in [-0.1, -0.05) is 11.8 Å². The first-order valence-corrected chi connectivity index (χ1v) is 7.31. The first-order chi connectivity index (χ1) is 10.2. The van der Waals surface area contributed by atoms with Crippen molar-refractivity contribution in [2.75, 3.05) is 13.2 Å². The molecule has 0 unspecified atom stereocenters. The van der Waals surface area contributed by atoms with E-state index in [9.17, 15) is 9.90 Å². The van der Waals surface area contributed by atoms with E-state index in [0.29, 0.717) is 24.0 Å². The van der Waals surface area contributed by atoms with Crippen molar-refractivity contribution in [3.8, 4) is 11.5 Å². The van der Waals surface area contributed by atoms with Gasteiger partial charge in [-0.3, -0.25) is 0 Å². The van der Waals surface area contributed by atoms with Gasteiger partial charge in [0.25, 0.3) is 0 Å². The number of aromatic carboxylic acids is 1. The third-order valence-electron chi connectivity index (χ3n) is 2.94. The third-order valence-corrected chi connectivity index (χ3v) is 3.94. The molecule has 1 aliphatic rings. The van der Waals surface area contributed by atoms with Crippen molar-refractivity contribution in [1.82, 2.24) is 4.98 Å². The summed E-state index contributed by atoms with van der Waals surface area (Å²) in [5, 5.41) is 9.63. The largest absolute Gasteiger partial charge is 0.490 e. The van der Waals surface area contributed by atoms with Crippen molar-refractivity contribution < 1.29 is 19.4 Å². The average molecular weight is 303 g/mol. The molecule has 0 bridgehead atoms. The minimum Gasteiger partial charge on any atom is -0.490 e. The Hall–Kier alpha value is -2.21. The fraction of sp³-hybridized carbons (Fsp3) is 0.200. The van der Waals surface area contributed by atoms with Gasteiger partial charge in [-0.25, -0.2) is 9.78 Å². The van der Waals surface area contributed by atoms with Crippen molar-refractivity contribution in [3.05, 3.63) is 42.1 Å². The maximum Gasteiger partial charge on any atom is 0.338 e. The van der Waals surface area contributed by atoms with Gasteiger partial charge in [0.2, 0.25) is 0 Å². The summed E-state index contributed by atoms with van der Waals surface area (Å²) in [5.74, 6) is 0.418. The maximum atomic E-state index is 11.2. The molecule has 6 heteroatoms. The highest BCUT2D eigenvalue weighted by molar-refractivity contribution is 7.99. The fourth-order valence-electron chi connectivity index (χ4n) is 1.95. The van der Waals surface area contributed by atoms with E-state index in [4.69, 9.17) is 9.47 Å². The second-order valence-electron chi connectivity index (χ2n) is 4.42. The number of benzene rings is 1. The maximum absolute atomic E-state index is 11.2. The lowest BCUT2D eigenvalue weighted by Crippen LogP contribution is -2.00. The van der Waals surface area contributed by atoms with Crippen LogP contribution in [-0.2, 0) is 0 Å². The number of hydrogen-bond donors (Lipinski definition) is 1. The van der Waals surface area contributed by atoms with Crippen LogP contribution in [-0.4, -0.2) is 29.3 Å². The zero-order chi connectivity index (χ0) is 14.7. The Morgan fingerprint density at radius 1 is 1.19 bits per heavy atom. The van der Waals surface area contributed by atoms with Crippen molar-refractivity contribution in [3.63, 3.8) is 0 Å². The molecule has 0 radical (unpaired) electrons. The zero-order valence-corrected chi connectivity index (χ0v) is 11.9. The Kier molecular flexibility index (Phi) is 3.96. The smallest absolute Gasteiger partial charge is 0.338 e. The van der Waals surface area contributed by atoms with E-state index in [1.807, 2.05) is 18.2 Å². The van der Waals surface area contributed by atoms with E-state index < -0.39 is 5.97 Å². The van der Waals surface area contributed by atoms with Crippen LogP contribution in [0.3, 0.4) is 0 Å². The molecule has 108 valence electrons. The van der Waals surface area contributed by atoms with Gasteiger partial charge in [0.1, 0.15) is 5.03 Å². The van der Waals surface area contributed by atoms with Crippen molar-refractivity contribution in [1.29, 1.82) is 0 Å². The average Bonchev–Trinajstić information content (AvgIpc) is 2.72. The van der Waals surface area contributed by atoms with Gasteiger partial charge in [-0.15, -0.1) is 0 Å². The molecule has 0 amide bonds. The number of carbonyl (C=O) groups is 1. The predicted octanol–water partition coefficient (Wildman–Crippen LogP) is 3.09. The van der Waals surface area contributed by atoms with Crippen LogP contribution in [0.15, 0.2) is 46.5 Å². The first kappa shape index (κ1) is 13.8. The Bertz CT molecular complexity index is 674. The Morgan fingerprint density at radius 3 is 2.81 bits per heavy atom. The molecule has 1 aliphatic heterocycles. The van der Waals surface area contributed by atoms with E-state index in [1.54, 1.807) is 18.3 Å². The van der Waals surface area contributed by atoms with E-state index >= 15 is 0 Å². The number of nitrogens with zero attached hydrogens (tertiary/aromatic N) is 1. The summed E-state index contributed by atoms with van der Waals surface area (Å²) in [7, 11) is 0. The Balaban J connectivity index is 1.89. The molecule has 1 N–H and O–H groups in total. The van der Waals surface area contributed by atoms with Gasteiger partial charge in [-0.05, 0) is 30.3 Å². The molecule has 0 saturated carbocycles. The Labute approximate surface area is 125 Å². The van der Waals surface area contributed by atoms with Crippen molar-refractivity contribution in [2.24, 2.45) is 0 Å². The molecule has 0 spiro atoms. The summed E-state index contributed by atoms with van der Waals surface area (Å²) < 4.78 is 11.2. The molecule has 0 saturated heterocycles. The number of hydrogen-bond acceptors (Lipinski definition) is 5. The number of fused-ring (bicyclic) bond motifs is 1. The summed E-state index contributed by atoms with van der Waals surface area (Å²) in [6, 6.07) is 8.72. The van der Waals surface area contributed by atoms with Crippen molar-refractivity contribution >= 4 is 17.7 Å². The standard InChI is InChI=1S/C15H13NO4S/c17-15(18)11-3-1-6-16-14(11)21-10-4-5-12-13(9-10)20-8-2-7-19-12/h1,3-6,9H,2,7-8H2,(H,17,18). The second-order valence-corrected chi connectivity index (χ2v) is 5.48. The van der Waals surface area contributed by atoms with Gasteiger partial charge in [0.05, 0.1) is 18.8 Å². The summed E-state index contributed by atoms with van der Waals surface area (Å²) in [5.41, 5.74) is 0.189. The highest BCUT2D eigenvalue weighted by Gasteiger charge is 2.15. The molecule has 5 nitrogen and oxygen atoms in total. The monoisotopic (exact) mass is 303 g/mol. The molecule has 2 aromatic rings. The molecule has 0 aliphatic carbocycles. The molecule has 0 fully saturated rings. The van der Waals surface area contributed by atoms with Crippen LogP contribution >= 0.6 is 11.8 Å². The number of rotatable bonds is 3. The number of pyridine rings is 1. The highest BCUT2D eigenvalue weighted by atomic mass is 32.2. The Morgan fingerprint density at radius 2 is 2.00 bits per heavy atom. The van der Waals surface area contributed by atoms with Crippen LogP contribution in [0.5, 0.6) is 11.5 Å². The molecule has 1 aromatic carbocycles. The minimum atomic E-state index is -0.986. The summed E-state index contributed by atoms with van der Waals surface area (Å²) in [4.78, 5) is 16.2. The number of carboxylic acids is 1. The van der Waals surface area contributed by atoms with Crippen molar-refractivity contribution in [2.45, 2.75) is 16.3 Å². The van der Waals surface area contributed by atoms with Crippen LogP contribution in [0.1, 0.15) is 16.8 Å². The topological polar surface area (TPSA) is 68.7 Å². The lowest BCUT2D eigenvalue weighted by molar-refractivity contribution is 0.0692. The first-order valence-electron chi connectivity index (χ1n) is 6.50. The number of carboxylic acid groups (broad SMARTS) is 1. The quantitative estimate of drug-likeness (QED) is 0.939. The summed E-state index contributed by atoms with van der Waals surface area (Å²) in [6.07, 6.45) is 2.43. The molecule has 3 rings (SSSR count). The number of ether oxygens (including phenoxy) is 2. The van der Waals surface area contributed by atoms with Crippen LogP contribution in [0.25, 0.3) is 0 Å². The minimum absolute atomic E-state index is 0.189. The fourth-order valence-corrected chi connectivity index (χ4v) is 2.86. The zero-order valence-electron chi connectivity index (χ0n) is 11.1. The van der Waals surface area contributed by atoms with Gasteiger partial charge in [-0.2, -0.15) is 0 Å². The number of aromatic nitrogens is 1. The van der Waals surface area contributed by atoms with Gasteiger partial charge in [0, 0.05) is 17.5 Å². The van der Waals surface area contributed by atoms with E-state index in [2.05, 4.69) is 4.98 Å². The van der Waals surface area contributed by atoms with Gasteiger partial charge in [0.15, 0.2) is 11.5 Å². The SMILES string of the molecule is O=C(O)c1cccnc1Sc1ccc2c(c1)OCCCO2. The predicted molar refractivity (Wildman–Crippen MR) is 77.4 cm³/mol. The molecule has 1 aromatic heterocycles. The summed E-state index contributed by atoms with van der Waals surface area (Å²) in [6.45, 7) is 1.26. The lowest BCUT2D eigenvalue weighted by atomic mass is 10.3. The molecular formula is C15H13NO4S. The molecule has 0 atom stereocenters. The van der Waals surface area contributed by atoms with Gasteiger partial charge < -0.3 is 14.6 Å². The molecule has 21 heavy (non-hydrogen) atoms. The van der Waals surface area contributed by atoms with E-state index in [0.717, 1.165) is 17.1 Å². The lowest BCUT2D eigenvalue weighted by Gasteiger charge is -2.09. The normalized spacial score (nSPS) is 13.5. The van der Waals surface area contributed by atoms with Crippen LogP contribution in [0, 0.1) is 0 Å². The summed E-state index contributed by atoms with van der Waals surface area (Å²) >= 11 is 1.29. The van der Waals surface area contributed by atoms with Crippen LogP contribution < -0.4 is 9.47 Å². The van der Waals surface area contributed by atoms with Crippen LogP contribution in [0.2, 0.25) is 0 Å². The highest BCUT2D eigenvalue weighted by Crippen LogP contribution is 2.36. The third kappa shape index (κ3) is 3.11. The van der Waals surface area contributed by atoms with Gasteiger partial charge >= 0.3 is 5.97 Å². The van der Waals surface area contributed by atoms with Crippen LogP contribution in [0.4, 0.5) is 0 Å². The van der Waals surface area contributed by atoms with E-state index in [1.165, 1.54) is 11.8 Å². The second kappa shape index (κ2) is 6.05. The van der Waals surface area contributed by atoms with E-state index in [-0.39, 0.29) is 5.56 Å².